The Hall–Kier alpha value is -5.79. The van der Waals surface area contributed by atoms with E-state index in [0.717, 1.165) is 66.3 Å². The van der Waals surface area contributed by atoms with Crippen molar-refractivity contribution in [3.63, 3.8) is 0 Å². The van der Waals surface area contributed by atoms with E-state index in [0.29, 0.717) is 22.4 Å². The Kier molecular flexibility index (Phi) is 12.0. The highest BCUT2D eigenvalue weighted by molar-refractivity contribution is 7.14. The summed E-state index contributed by atoms with van der Waals surface area (Å²) in [5.74, 6) is -0.244. The number of amides is 2. The Morgan fingerprint density at radius 1 is 0.873 bits per heavy atom. The molecule has 1 fully saturated rings. The Balaban J connectivity index is 0.813. The molecule has 0 aliphatic carbocycles. The maximum absolute atomic E-state index is 13.0. The number of anilines is 2. The first-order valence-electron chi connectivity index (χ1n) is 18.4. The summed E-state index contributed by atoms with van der Waals surface area (Å²) in [6, 6.07) is 35.3. The number of phenols is 1. The van der Waals surface area contributed by atoms with Gasteiger partial charge >= 0.3 is 6.09 Å². The smallest absolute Gasteiger partial charge is 0.411 e. The zero-order chi connectivity index (χ0) is 38.1. The number of hydrogen-bond acceptors (Lipinski definition) is 9. The maximum atomic E-state index is 13.0. The number of ether oxygens (including phenoxy) is 1. The van der Waals surface area contributed by atoms with Gasteiger partial charge in [-0.25, -0.2) is 4.79 Å². The molecule has 0 saturated carbocycles. The fourth-order valence-corrected chi connectivity index (χ4v) is 7.70. The molecule has 1 atom stereocenters. The molecule has 2 amide bonds. The minimum absolute atomic E-state index is 0.0572. The van der Waals surface area contributed by atoms with Crippen LogP contribution >= 0.6 is 11.3 Å². The summed E-state index contributed by atoms with van der Waals surface area (Å²) < 4.78 is 5.80. The third-order valence-corrected chi connectivity index (χ3v) is 10.9. The minimum atomic E-state index is -0.874. The number of pyridine rings is 1. The third-order valence-electron chi connectivity index (χ3n) is 9.77. The Labute approximate surface area is 322 Å². The van der Waals surface area contributed by atoms with Gasteiger partial charge in [-0.3, -0.25) is 14.9 Å². The first kappa shape index (κ1) is 37.5. The molecule has 4 aromatic carbocycles. The van der Waals surface area contributed by atoms with Crippen LogP contribution in [-0.2, 0) is 17.7 Å². The van der Waals surface area contributed by atoms with Crippen LogP contribution in [0, 0.1) is 0 Å². The van der Waals surface area contributed by atoms with Gasteiger partial charge in [-0.2, -0.15) is 0 Å². The Morgan fingerprint density at radius 2 is 1.64 bits per heavy atom. The molecule has 55 heavy (non-hydrogen) atoms. The van der Waals surface area contributed by atoms with Crippen LogP contribution in [0.2, 0.25) is 0 Å². The predicted molar refractivity (Wildman–Crippen MR) is 217 cm³/mol. The van der Waals surface area contributed by atoms with Crippen molar-refractivity contribution in [2.24, 2.45) is 0 Å². The number of nitrogens with zero attached hydrogens (tertiary/aromatic N) is 1. The Morgan fingerprint density at radius 3 is 2.44 bits per heavy atom. The lowest BCUT2D eigenvalue weighted by molar-refractivity contribution is 0.0593. The van der Waals surface area contributed by atoms with Gasteiger partial charge in [-0.1, -0.05) is 66.7 Å². The second-order valence-electron chi connectivity index (χ2n) is 13.6. The standard InChI is InChI=1S/C43H43N5O6S/c49-37-17-15-34(35-16-19-40(51)47-41(35)37)38(50)27-44-26-32-14-18-39(55-32)42(52)45-30-12-10-28(11-13-30)20-23-48-24-21-31(22-25-48)54-43(53)46-36-9-5-4-8-33(36)29-6-2-1-3-7-29/h1-19,31,38,44,49-50H,20-27H2,(H,45,52)(H,46,53)(H,47,51)/t38-/m1/s1. The molecule has 3 heterocycles. The van der Waals surface area contributed by atoms with Gasteiger partial charge < -0.3 is 35.5 Å². The number of phenolic OH excluding ortho intramolecular Hbond substituents is 1. The molecule has 0 radical (unpaired) electrons. The number of piperidine rings is 1. The number of benzene rings is 4. The summed E-state index contributed by atoms with van der Waals surface area (Å²) in [5, 5.41) is 30.7. The SMILES string of the molecule is O=C(Nc1ccccc1-c1ccccc1)OC1CCN(CCc2ccc(NC(=O)c3ccc(CNC[C@@H](O)c4ccc(O)c5[nH]c(=O)ccc45)s3)cc2)CC1. The molecule has 12 heteroatoms. The van der Waals surface area contributed by atoms with E-state index < -0.39 is 12.2 Å². The van der Waals surface area contributed by atoms with Gasteiger partial charge in [0.2, 0.25) is 5.56 Å². The molecule has 0 bridgehead atoms. The van der Waals surface area contributed by atoms with Gasteiger partial charge in [0.15, 0.2) is 0 Å². The van der Waals surface area contributed by atoms with Crippen LogP contribution in [0.5, 0.6) is 5.75 Å². The fourth-order valence-electron chi connectivity index (χ4n) is 6.82. The Bertz CT molecular complexity index is 2300. The number of para-hydroxylation sites is 1. The monoisotopic (exact) mass is 757 g/mol. The number of aromatic amines is 1. The van der Waals surface area contributed by atoms with Crippen molar-refractivity contribution in [1.82, 2.24) is 15.2 Å². The van der Waals surface area contributed by atoms with Crippen molar-refractivity contribution in [3.8, 4) is 16.9 Å². The van der Waals surface area contributed by atoms with Crippen molar-refractivity contribution in [2.75, 3.05) is 36.8 Å². The summed E-state index contributed by atoms with van der Waals surface area (Å²) >= 11 is 1.38. The maximum Gasteiger partial charge on any atom is 0.411 e. The number of aliphatic hydroxyl groups is 1. The number of rotatable bonds is 13. The van der Waals surface area contributed by atoms with Gasteiger partial charge in [-0.15, -0.1) is 11.3 Å². The molecule has 11 nitrogen and oxygen atoms in total. The predicted octanol–water partition coefficient (Wildman–Crippen LogP) is 7.29. The number of fused-ring (bicyclic) bond motifs is 1. The molecule has 6 aromatic rings. The highest BCUT2D eigenvalue weighted by Gasteiger charge is 2.23. The quantitative estimate of drug-likeness (QED) is 0.0718. The molecule has 282 valence electrons. The summed E-state index contributed by atoms with van der Waals surface area (Å²) in [4.78, 5) is 44.0. The number of aromatic hydroxyl groups is 1. The van der Waals surface area contributed by atoms with E-state index in [-0.39, 0.29) is 35.4 Å². The van der Waals surface area contributed by atoms with E-state index in [1.165, 1.54) is 29.0 Å². The van der Waals surface area contributed by atoms with Crippen LogP contribution in [-0.4, -0.2) is 64.4 Å². The van der Waals surface area contributed by atoms with Gasteiger partial charge in [0.25, 0.3) is 5.91 Å². The number of aromatic nitrogens is 1. The van der Waals surface area contributed by atoms with E-state index in [4.69, 9.17) is 4.74 Å². The molecule has 1 saturated heterocycles. The highest BCUT2D eigenvalue weighted by atomic mass is 32.1. The first-order chi connectivity index (χ1) is 26.8. The lowest BCUT2D eigenvalue weighted by Crippen LogP contribution is -2.39. The van der Waals surface area contributed by atoms with Crippen LogP contribution in [0.3, 0.4) is 0 Å². The van der Waals surface area contributed by atoms with Gasteiger partial charge in [0, 0.05) is 60.3 Å². The summed E-state index contributed by atoms with van der Waals surface area (Å²) in [5.41, 5.74) is 5.14. The molecule has 2 aromatic heterocycles. The molecule has 1 aliphatic heterocycles. The molecular weight excluding hydrogens is 715 g/mol. The zero-order valence-electron chi connectivity index (χ0n) is 30.2. The normalized spacial score (nSPS) is 14.1. The van der Waals surface area contributed by atoms with E-state index >= 15 is 0 Å². The summed E-state index contributed by atoms with van der Waals surface area (Å²) in [6.45, 7) is 3.29. The van der Waals surface area contributed by atoms with Gasteiger partial charge in [0.05, 0.1) is 22.2 Å². The van der Waals surface area contributed by atoms with E-state index in [2.05, 4.69) is 25.8 Å². The second kappa shape index (κ2) is 17.6. The number of carbonyl (C=O) groups is 2. The largest absolute Gasteiger partial charge is 0.506 e. The van der Waals surface area contributed by atoms with E-state index in [9.17, 15) is 24.6 Å². The molecule has 0 unspecified atom stereocenters. The van der Waals surface area contributed by atoms with Crippen LogP contribution < -0.4 is 21.5 Å². The van der Waals surface area contributed by atoms with E-state index in [1.807, 2.05) is 84.9 Å². The number of thiophene rings is 1. The number of H-pyrrole nitrogens is 1. The fraction of sp³-hybridized carbons (Fsp3) is 0.233. The number of aliphatic hydroxyl groups excluding tert-OH is 1. The topological polar surface area (TPSA) is 156 Å². The van der Waals surface area contributed by atoms with Crippen molar-refractivity contribution in [1.29, 1.82) is 0 Å². The van der Waals surface area contributed by atoms with Crippen LogP contribution in [0.15, 0.2) is 120 Å². The molecular formula is C43H43N5O6S. The van der Waals surface area contributed by atoms with Crippen molar-refractivity contribution in [3.05, 3.63) is 146 Å². The second-order valence-corrected chi connectivity index (χ2v) is 14.8. The van der Waals surface area contributed by atoms with Gasteiger partial charge in [0.1, 0.15) is 11.9 Å². The molecule has 1 aliphatic rings. The van der Waals surface area contributed by atoms with Crippen LogP contribution in [0.25, 0.3) is 22.0 Å². The zero-order valence-corrected chi connectivity index (χ0v) is 31.0. The average Bonchev–Trinajstić information content (AvgIpc) is 3.68. The lowest BCUT2D eigenvalue weighted by atomic mass is 10.0. The van der Waals surface area contributed by atoms with Crippen LogP contribution in [0.1, 0.15) is 44.6 Å². The minimum Gasteiger partial charge on any atom is -0.506 e. The summed E-state index contributed by atoms with van der Waals surface area (Å²) in [7, 11) is 0. The van der Waals surface area contributed by atoms with Gasteiger partial charge in [-0.05, 0) is 78.4 Å². The van der Waals surface area contributed by atoms with E-state index in [1.54, 1.807) is 18.2 Å². The van der Waals surface area contributed by atoms with Crippen molar-refractivity contribution < 1.29 is 24.5 Å². The highest BCUT2D eigenvalue weighted by Crippen LogP contribution is 2.30. The number of carbonyl (C=O) groups excluding carboxylic acids is 2. The molecule has 0 spiro atoms. The first-order valence-corrected chi connectivity index (χ1v) is 19.2. The van der Waals surface area contributed by atoms with Crippen molar-refractivity contribution in [2.45, 2.75) is 38.0 Å². The molecule has 7 rings (SSSR count). The van der Waals surface area contributed by atoms with Crippen molar-refractivity contribution >= 4 is 45.6 Å². The lowest BCUT2D eigenvalue weighted by Gasteiger charge is -2.31. The number of likely N-dealkylation sites (tertiary alicyclic amines) is 1. The number of nitrogens with one attached hydrogen (secondary N) is 4. The number of hydrogen-bond donors (Lipinski definition) is 6. The molecule has 6 N–H and O–H groups in total. The summed E-state index contributed by atoms with van der Waals surface area (Å²) in [6.07, 6.45) is 1.00. The van der Waals surface area contributed by atoms with Crippen LogP contribution in [0.4, 0.5) is 16.2 Å². The third kappa shape index (κ3) is 9.66. The average molecular weight is 758 g/mol.